The van der Waals surface area contributed by atoms with E-state index in [0.717, 1.165) is 45.1 Å². The summed E-state index contributed by atoms with van der Waals surface area (Å²) in [5.41, 5.74) is 0. The van der Waals surface area contributed by atoms with Crippen LogP contribution in [0.5, 0.6) is 0 Å². The van der Waals surface area contributed by atoms with Crippen molar-refractivity contribution in [3.63, 3.8) is 0 Å². The molecule has 2 N–H and O–H groups in total. The van der Waals surface area contributed by atoms with E-state index >= 15 is 0 Å². The Morgan fingerprint density at radius 2 is 2.22 bits per heavy atom. The lowest BCUT2D eigenvalue weighted by molar-refractivity contribution is -0.122. The Morgan fingerprint density at radius 1 is 1.33 bits per heavy atom. The second-order valence-corrected chi connectivity index (χ2v) is 5.25. The van der Waals surface area contributed by atoms with E-state index < -0.39 is 0 Å². The molecule has 1 amide bonds. The molecule has 104 valence electrons. The van der Waals surface area contributed by atoms with Crippen molar-refractivity contribution in [1.29, 1.82) is 0 Å². The van der Waals surface area contributed by atoms with E-state index in [2.05, 4.69) is 15.5 Å². The van der Waals surface area contributed by atoms with E-state index in [1.54, 1.807) is 0 Å². The molecule has 2 rings (SSSR count). The van der Waals surface area contributed by atoms with Crippen LogP contribution >= 0.6 is 0 Å². The first-order valence-electron chi connectivity index (χ1n) is 7.12. The number of hydrogen-bond acceptors (Lipinski definition) is 4. The van der Waals surface area contributed by atoms with Crippen LogP contribution in [0, 0.1) is 5.92 Å². The van der Waals surface area contributed by atoms with Crippen molar-refractivity contribution in [3.05, 3.63) is 0 Å². The fourth-order valence-electron chi connectivity index (χ4n) is 2.12. The van der Waals surface area contributed by atoms with Crippen molar-refractivity contribution < 1.29 is 9.53 Å². The first-order chi connectivity index (χ1) is 8.84. The van der Waals surface area contributed by atoms with Crippen LogP contribution < -0.4 is 10.6 Å². The summed E-state index contributed by atoms with van der Waals surface area (Å²) in [4.78, 5) is 13.9. The molecule has 2 aliphatic rings. The molecule has 0 spiro atoms. The fourth-order valence-corrected chi connectivity index (χ4v) is 2.12. The van der Waals surface area contributed by atoms with Gasteiger partial charge in [-0.25, -0.2) is 0 Å². The molecule has 1 aliphatic heterocycles. The lowest BCUT2D eigenvalue weighted by atomic mass is 10.4. The number of carbonyl (C=O) groups excluding carboxylic acids is 1. The fraction of sp³-hybridized carbons (Fsp3) is 0.923. The molecule has 1 saturated carbocycles. The number of amides is 1. The zero-order valence-corrected chi connectivity index (χ0v) is 11.1. The van der Waals surface area contributed by atoms with Gasteiger partial charge in [-0.2, -0.15) is 0 Å². The minimum absolute atomic E-state index is 0.118. The Labute approximate surface area is 109 Å². The van der Waals surface area contributed by atoms with Crippen LogP contribution in [0.3, 0.4) is 0 Å². The van der Waals surface area contributed by atoms with E-state index in [1.165, 1.54) is 12.8 Å². The average Bonchev–Trinajstić information content (AvgIpc) is 3.16. The average molecular weight is 255 g/mol. The third-order valence-electron chi connectivity index (χ3n) is 3.42. The van der Waals surface area contributed by atoms with Crippen LogP contribution in [0.2, 0.25) is 0 Å². The zero-order chi connectivity index (χ0) is 12.6. The first-order valence-corrected chi connectivity index (χ1v) is 7.12. The predicted octanol–water partition coefficient (Wildman–Crippen LogP) is -0.175. The van der Waals surface area contributed by atoms with Crippen molar-refractivity contribution in [3.8, 4) is 0 Å². The van der Waals surface area contributed by atoms with Gasteiger partial charge in [0.05, 0.1) is 13.2 Å². The molecule has 0 aromatic rings. The van der Waals surface area contributed by atoms with E-state index in [0.29, 0.717) is 19.7 Å². The van der Waals surface area contributed by atoms with E-state index in [-0.39, 0.29) is 5.91 Å². The summed E-state index contributed by atoms with van der Waals surface area (Å²) in [6, 6.07) is 0. The molecule has 1 aliphatic carbocycles. The molecule has 18 heavy (non-hydrogen) atoms. The highest BCUT2D eigenvalue weighted by Crippen LogP contribution is 2.28. The minimum Gasteiger partial charge on any atom is -0.379 e. The van der Waals surface area contributed by atoms with Gasteiger partial charge in [-0.1, -0.05) is 0 Å². The molecule has 0 radical (unpaired) electrons. The van der Waals surface area contributed by atoms with Crippen LogP contribution in [-0.4, -0.2) is 63.3 Å². The largest absolute Gasteiger partial charge is 0.379 e. The van der Waals surface area contributed by atoms with Crippen LogP contribution in [0.15, 0.2) is 0 Å². The topological polar surface area (TPSA) is 53.6 Å². The number of nitrogens with one attached hydrogen (secondary N) is 2. The Balaban J connectivity index is 1.47. The van der Waals surface area contributed by atoms with Gasteiger partial charge >= 0.3 is 0 Å². The Kier molecular flexibility index (Phi) is 5.90. The third-order valence-corrected chi connectivity index (χ3v) is 3.42. The summed E-state index contributed by atoms with van der Waals surface area (Å²) in [6.07, 6.45) is 3.75. The Morgan fingerprint density at radius 3 is 3.06 bits per heavy atom. The van der Waals surface area contributed by atoms with Crippen LogP contribution in [-0.2, 0) is 9.53 Å². The molecule has 1 saturated heterocycles. The van der Waals surface area contributed by atoms with Gasteiger partial charge in [0.25, 0.3) is 0 Å². The summed E-state index contributed by atoms with van der Waals surface area (Å²) >= 11 is 0. The summed E-state index contributed by atoms with van der Waals surface area (Å²) < 4.78 is 5.48. The lowest BCUT2D eigenvalue weighted by Gasteiger charge is -2.18. The molecule has 0 atom stereocenters. The number of nitrogens with zero attached hydrogens (tertiary/aromatic N) is 1. The van der Waals surface area contributed by atoms with Gasteiger partial charge in [0.2, 0.25) is 5.91 Å². The Hall–Kier alpha value is -0.650. The van der Waals surface area contributed by atoms with Gasteiger partial charge in [0.1, 0.15) is 0 Å². The predicted molar refractivity (Wildman–Crippen MR) is 70.5 cm³/mol. The summed E-state index contributed by atoms with van der Waals surface area (Å²) in [5.74, 6) is 0.914. The number of carbonyl (C=O) groups is 1. The standard InChI is InChI=1S/C13H25N3O2/c17-13(10-16-7-1-4-14-5-8-16)15-6-9-18-11-12-2-3-12/h12,14H,1-11H2,(H,15,17). The molecule has 5 nitrogen and oxygen atoms in total. The highest BCUT2D eigenvalue weighted by atomic mass is 16.5. The van der Waals surface area contributed by atoms with Crippen LogP contribution in [0.1, 0.15) is 19.3 Å². The number of hydrogen-bond donors (Lipinski definition) is 2. The smallest absolute Gasteiger partial charge is 0.234 e. The second kappa shape index (κ2) is 7.71. The number of rotatable bonds is 7. The van der Waals surface area contributed by atoms with Crippen molar-refractivity contribution in [2.45, 2.75) is 19.3 Å². The first kappa shape index (κ1) is 13.8. The molecular weight excluding hydrogens is 230 g/mol. The van der Waals surface area contributed by atoms with Crippen molar-refractivity contribution in [1.82, 2.24) is 15.5 Å². The van der Waals surface area contributed by atoms with Gasteiger partial charge in [0, 0.05) is 26.2 Å². The summed E-state index contributed by atoms with van der Waals surface area (Å²) in [6.45, 7) is 6.69. The molecular formula is C13H25N3O2. The second-order valence-electron chi connectivity index (χ2n) is 5.25. The van der Waals surface area contributed by atoms with Gasteiger partial charge < -0.3 is 15.4 Å². The third kappa shape index (κ3) is 5.80. The van der Waals surface area contributed by atoms with Gasteiger partial charge in [-0.3, -0.25) is 9.69 Å². The lowest BCUT2D eigenvalue weighted by Crippen LogP contribution is -2.39. The van der Waals surface area contributed by atoms with E-state index in [1.807, 2.05) is 0 Å². The quantitative estimate of drug-likeness (QED) is 0.620. The van der Waals surface area contributed by atoms with Crippen molar-refractivity contribution in [2.24, 2.45) is 5.92 Å². The minimum atomic E-state index is 0.118. The maximum atomic E-state index is 11.7. The maximum Gasteiger partial charge on any atom is 0.234 e. The Bertz CT molecular complexity index is 249. The van der Waals surface area contributed by atoms with Gasteiger partial charge in [-0.15, -0.1) is 0 Å². The summed E-state index contributed by atoms with van der Waals surface area (Å²) in [5, 5.41) is 6.25. The number of ether oxygens (including phenoxy) is 1. The molecule has 0 bridgehead atoms. The summed E-state index contributed by atoms with van der Waals surface area (Å²) in [7, 11) is 0. The van der Waals surface area contributed by atoms with Gasteiger partial charge in [0.15, 0.2) is 0 Å². The normalized spacial score (nSPS) is 21.6. The highest BCUT2D eigenvalue weighted by Gasteiger charge is 2.20. The molecule has 2 fully saturated rings. The molecule has 0 aromatic heterocycles. The van der Waals surface area contributed by atoms with Crippen LogP contribution in [0.25, 0.3) is 0 Å². The van der Waals surface area contributed by atoms with E-state index in [4.69, 9.17) is 4.74 Å². The highest BCUT2D eigenvalue weighted by molar-refractivity contribution is 5.77. The molecule has 1 heterocycles. The van der Waals surface area contributed by atoms with Gasteiger partial charge in [-0.05, 0) is 38.3 Å². The van der Waals surface area contributed by atoms with Crippen LogP contribution in [0.4, 0.5) is 0 Å². The SMILES string of the molecule is O=C(CN1CCCNCC1)NCCOCC1CC1. The monoisotopic (exact) mass is 255 g/mol. The van der Waals surface area contributed by atoms with Crippen molar-refractivity contribution >= 4 is 5.91 Å². The van der Waals surface area contributed by atoms with Crippen molar-refractivity contribution in [2.75, 3.05) is 52.5 Å². The van der Waals surface area contributed by atoms with E-state index in [9.17, 15) is 4.79 Å². The molecule has 5 heteroatoms. The molecule has 0 aromatic carbocycles. The maximum absolute atomic E-state index is 11.7. The molecule has 0 unspecified atom stereocenters. The zero-order valence-electron chi connectivity index (χ0n) is 11.1.